The summed E-state index contributed by atoms with van der Waals surface area (Å²) in [4.78, 5) is 27.8. The number of nitrogens with one attached hydrogen (secondary N) is 2. The third-order valence-electron chi connectivity index (χ3n) is 3.79. The van der Waals surface area contributed by atoms with Gasteiger partial charge in [0.05, 0.1) is 22.3 Å². The summed E-state index contributed by atoms with van der Waals surface area (Å²) in [6.45, 7) is 2.51. The Balaban J connectivity index is 1.84. The number of aromatic nitrogens is 1. The second kappa shape index (κ2) is 6.58. The van der Waals surface area contributed by atoms with E-state index in [1.807, 2.05) is 6.92 Å². The number of carbonyl (C=O) groups is 2. The lowest BCUT2D eigenvalue weighted by Gasteiger charge is -2.12. The summed E-state index contributed by atoms with van der Waals surface area (Å²) >= 11 is 3.36. The highest BCUT2D eigenvalue weighted by molar-refractivity contribution is 9.10. The van der Waals surface area contributed by atoms with Gasteiger partial charge in [-0.1, -0.05) is 0 Å². The highest BCUT2D eigenvalue weighted by Gasteiger charge is 2.29. The molecule has 5 nitrogen and oxygen atoms in total. The maximum atomic E-state index is 12.6. The summed E-state index contributed by atoms with van der Waals surface area (Å²) in [5.74, 6) is 0.472. The highest BCUT2D eigenvalue weighted by Crippen LogP contribution is 2.30. The van der Waals surface area contributed by atoms with Gasteiger partial charge in [0.25, 0.3) is 5.91 Å². The number of hydrogen-bond donors (Lipinski definition) is 2. The molecule has 0 saturated heterocycles. The molecule has 0 spiro atoms. The smallest absolute Gasteiger partial charge is 0.259 e. The topological polar surface area (TPSA) is 71.2 Å². The standard InChI is InChI=1S/C17H17BrN2O3/c1-2-23-11-8-6-10(7-9-11)19-17(22)15-14-12(20-16(15)18)4-3-5-13(14)21/h6-9,20H,2-5H2,1H3,(H,19,22). The van der Waals surface area contributed by atoms with Crippen molar-refractivity contribution in [2.75, 3.05) is 11.9 Å². The van der Waals surface area contributed by atoms with Crippen molar-refractivity contribution in [3.63, 3.8) is 0 Å². The number of fused-ring (bicyclic) bond motifs is 1. The van der Waals surface area contributed by atoms with Crippen molar-refractivity contribution < 1.29 is 14.3 Å². The highest BCUT2D eigenvalue weighted by atomic mass is 79.9. The van der Waals surface area contributed by atoms with Crippen LogP contribution in [0.2, 0.25) is 0 Å². The minimum absolute atomic E-state index is 0.0186. The zero-order valence-electron chi connectivity index (χ0n) is 12.7. The van der Waals surface area contributed by atoms with Crippen LogP contribution in [-0.2, 0) is 6.42 Å². The second-order valence-corrected chi connectivity index (χ2v) is 6.15. The summed E-state index contributed by atoms with van der Waals surface area (Å²) in [6, 6.07) is 7.15. The van der Waals surface area contributed by atoms with Gasteiger partial charge in [-0.2, -0.15) is 0 Å². The molecule has 0 unspecified atom stereocenters. The zero-order valence-corrected chi connectivity index (χ0v) is 14.3. The van der Waals surface area contributed by atoms with Gasteiger partial charge in [-0.25, -0.2) is 0 Å². The molecule has 0 atom stereocenters. The molecule has 1 aliphatic rings. The fourth-order valence-electron chi connectivity index (χ4n) is 2.77. The molecule has 0 saturated carbocycles. The van der Waals surface area contributed by atoms with Gasteiger partial charge >= 0.3 is 0 Å². The van der Waals surface area contributed by atoms with Crippen LogP contribution in [0.4, 0.5) is 5.69 Å². The first-order valence-corrected chi connectivity index (χ1v) is 8.37. The molecule has 2 aromatic rings. The monoisotopic (exact) mass is 376 g/mol. The Morgan fingerprint density at radius 1 is 1.30 bits per heavy atom. The van der Waals surface area contributed by atoms with Crippen LogP contribution in [0.3, 0.4) is 0 Å². The first-order valence-electron chi connectivity index (χ1n) is 7.58. The molecular weight excluding hydrogens is 360 g/mol. The fourth-order valence-corrected chi connectivity index (χ4v) is 3.39. The van der Waals surface area contributed by atoms with E-state index in [-0.39, 0.29) is 11.7 Å². The number of aromatic amines is 1. The maximum Gasteiger partial charge on any atom is 0.259 e. The van der Waals surface area contributed by atoms with Gasteiger partial charge < -0.3 is 15.0 Å². The van der Waals surface area contributed by atoms with E-state index in [0.717, 1.165) is 24.3 Å². The predicted molar refractivity (Wildman–Crippen MR) is 91.3 cm³/mol. The quantitative estimate of drug-likeness (QED) is 0.848. The van der Waals surface area contributed by atoms with Crippen molar-refractivity contribution in [2.24, 2.45) is 0 Å². The second-order valence-electron chi connectivity index (χ2n) is 5.36. The van der Waals surface area contributed by atoms with Crippen LogP contribution in [0.1, 0.15) is 46.2 Å². The number of amides is 1. The first kappa shape index (κ1) is 15.8. The Morgan fingerprint density at radius 2 is 2.04 bits per heavy atom. The Labute approximate surface area is 142 Å². The average Bonchev–Trinajstić information content (AvgIpc) is 2.87. The third-order valence-corrected chi connectivity index (χ3v) is 4.39. The van der Waals surface area contributed by atoms with Gasteiger partial charge in [0.2, 0.25) is 0 Å². The number of rotatable bonds is 4. The van der Waals surface area contributed by atoms with Gasteiger partial charge in [-0.15, -0.1) is 0 Å². The van der Waals surface area contributed by atoms with Crippen LogP contribution in [0.25, 0.3) is 0 Å². The number of aryl methyl sites for hydroxylation is 1. The SMILES string of the molecule is CCOc1ccc(NC(=O)c2c(Br)[nH]c3c2C(=O)CCC3)cc1. The minimum Gasteiger partial charge on any atom is -0.494 e. The number of hydrogen-bond acceptors (Lipinski definition) is 3. The number of halogens is 1. The van der Waals surface area contributed by atoms with Crippen molar-refractivity contribution in [1.82, 2.24) is 4.98 Å². The molecule has 3 rings (SSSR count). The van der Waals surface area contributed by atoms with E-state index in [4.69, 9.17) is 4.74 Å². The minimum atomic E-state index is -0.297. The van der Waals surface area contributed by atoms with Crippen molar-refractivity contribution in [1.29, 1.82) is 0 Å². The Bertz CT molecular complexity index is 750. The van der Waals surface area contributed by atoms with Crippen LogP contribution < -0.4 is 10.1 Å². The number of Topliss-reactive ketones (excluding diaryl/α,β-unsaturated/α-hetero) is 1. The largest absolute Gasteiger partial charge is 0.494 e. The van der Waals surface area contributed by atoms with Gasteiger partial charge in [0.1, 0.15) is 5.75 Å². The summed E-state index contributed by atoms with van der Waals surface area (Å²) in [7, 11) is 0. The maximum absolute atomic E-state index is 12.6. The summed E-state index contributed by atoms with van der Waals surface area (Å²) in [5.41, 5.74) is 2.40. The van der Waals surface area contributed by atoms with E-state index in [0.29, 0.717) is 34.4 Å². The van der Waals surface area contributed by atoms with E-state index >= 15 is 0 Å². The van der Waals surface area contributed by atoms with Gasteiger partial charge in [-0.3, -0.25) is 9.59 Å². The molecule has 1 aromatic carbocycles. The summed E-state index contributed by atoms with van der Waals surface area (Å²) in [6.07, 6.45) is 2.09. The molecule has 1 heterocycles. The molecule has 120 valence electrons. The summed E-state index contributed by atoms with van der Waals surface area (Å²) in [5, 5.41) is 2.83. The lowest BCUT2D eigenvalue weighted by molar-refractivity contribution is 0.0956. The Morgan fingerprint density at radius 3 is 2.74 bits per heavy atom. The Hall–Kier alpha value is -2.08. The van der Waals surface area contributed by atoms with E-state index < -0.39 is 0 Å². The molecule has 0 fully saturated rings. The summed E-state index contributed by atoms with van der Waals surface area (Å²) < 4.78 is 5.93. The van der Waals surface area contributed by atoms with Crippen LogP contribution in [0, 0.1) is 0 Å². The number of benzene rings is 1. The van der Waals surface area contributed by atoms with Crippen molar-refractivity contribution in [3.05, 3.63) is 45.7 Å². The van der Waals surface area contributed by atoms with Crippen LogP contribution >= 0.6 is 15.9 Å². The van der Waals surface area contributed by atoms with E-state index in [1.54, 1.807) is 24.3 Å². The van der Waals surface area contributed by atoms with Gasteiger partial charge in [-0.05, 0) is 60.0 Å². The van der Waals surface area contributed by atoms with Crippen molar-refractivity contribution in [3.8, 4) is 5.75 Å². The molecule has 1 aliphatic carbocycles. The molecule has 23 heavy (non-hydrogen) atoms. The molecule has 2 N–H and O–H groups in total. The molecule has 6 heteroatoms. The lowest BCUT2D eigenvalue weighted by atomic mass is 9.93. The van der Waals surface area contributed by atoms with E-state index in [1.165, 1.54) is 0 Å². The number of ether oxygens (including phenoxy) is 1. The van der Waals surface area contributed by atoms with Crippen LogP contribution in [0.5, 0.6) is 5.75 Å². The fraction of sp³-hybridized carbons (Fsp3) is 0.294. The third kappa shape index (κ3) is 3.17. The predicted octanol–water partition coefficient (Wildman–Crippen LogP) is 3.95. The van der Waals surface area contributed by atoms with Crippen LogP contribution in [-0.4, -0.2) is 23.3 Å². The average molecular weight is 377 g/mol. The number of ketones is 1. The molecule has 1 aromatic heterocycles. The number of carbonyl (C=O) groups excluding carboxylic acids is 2. The zero-order chi connectivity index (χ0) is 16.4. The first-order chi connectivity index (χ1) is 11.1. The van der Waals surface area contributed by atoms with Crippen molar-refractivity contribution in [2.45, 2.75) is 26.2 Å². The van der Waals surface area contributed by atoms with Gasteiger partial charge in [0, 0.05) is 17.8 Å². The van der Waals surface area contributed by atoms with Crippen LogP contribution in [0.15, 0.2) is 28.9 Å². The molecule has 0 bridgehead atoms. The Kier molecular flexibility index (Phi) is 4.52. The lowest BCUT2D eigenvalue weighted by Crippen LogP contribution is -2.18. The molecular formula is C17H17BrN2O3. The van der Waals surface area contributed by atoms with E-state index in [9.17, 15) is 9.59 Å². The molecule has 0 radical (unpaired) electrons. The molecule has 1 amide bonds. The van der Waals surface area contributed by atoms with Gasteiger partial charge in [0.15, 0.2) is 5.78 Å². The molecule has 0 aliphatic heterocycles. The van der Waals surface area contributed by atoms with Crippen molar-refractivity contribution >= 4 is 33.3 Å². The normalized spacial score (nSPS) is 13.6. The number of anilines is 1. The number of H-pyrrole nitrogens is 1. The van der Waals surface area contributed by atoms with E-state index in [2.05, 4.69) is 26.2 Å².